The van der Waals surface area contributed by atoms with Crippen molar-refractivity contribution in [1.29, 1.82) is 0 Å². The molecule has 0 unspecified atom stereocenters. The van der Waals surface area contributed by atoms with Crippen molar-refractivity contribution in [3.8, 4) is 5.69 Å². The number of benzene rings is 2. The first-order valence-electron chi connectivity index (χ1n) is 9.74. The summed E-state index contributed by atoms with van der Waals surface area (Å²) in [5.74, 6) is -1.45. The van der Waals surface area contributed by atoms with Gasteiger partial charge in [0.2, 0.25) is 5.69 Å². The third-order valence-electron chi connectivity index (χ3n) is 4.63. The van der Waals surface area contributed by atoms with E-state index in [-0.39, 0.29) is 18.8 Å². The lowest BCUT2D eigenvalue weighted by Gasteiger charge is -2.13. The van der Waals surface area contributed by atoms with Crippen molar-refractivity contribution in [2.75, 3.05) is 20.3 Å². The van der Waals surface area contributed by atoms with E-state index in [0.29, 0.717) is 18.6 Å². The lowest BCUT2D eigenvalue weighted by Crippen LogP contribution is -2.46. The molecule has 0 aliphatic carbocycles. The van der Waals surface area contributed by atoms with E-state index in [1.54, 1.807) is 12.1 Å². The van der Waals surface area contributed by atoms with Crippen LogP contribution in [0.1, 0.15) is 28.0 Å². The number of carbonyl (C=O) groups is 1. The second-order valence-electron chi connectivity index (χ2n) is 6.97. The summed E-state index contributed by atoms with van der Waals surface area (Å²) >= 11 is 0. The van der Waals surface area contributed by atoms with Crippen molar-refractivity contribution in [3.63, 3.8) is 0 Å². The highest BCUT2D eigenvalue weighted by molar-refractivity contribution is 5.91. The number of aromatic nitrogens is 3. The number of nitrogens with one attached hydrogen (secondary N) is 1. The maximum absolute atomic E-state index is 14.4. The fourth-order valence-corrected chi connectivity index (χ4v) is 2.96. The Balaban J connectivity index is 2.10. The molecular weight excluding hydrogens is 403 g/mol. The van der Waals surface area contributed by atoms with E-state index >= 15 is 0 Å². The molecule has 2 aromatic carbocycles. The Morgan fingerprint density at radius 3 is 2.52 bits per heavy atom. The number of hydrogen-bond donors (Lipinski definition) is 1. The zero-order valence-corrected chi connectivity index (χ0v) is 17.3. The number of halogens is 1. The number of hydrogen-bond acceptors (Lipinski definition) is 5. The van der Waals surface area contributed by atoms with Gasteiger partial charge in [0.05, 0.1) is 6.54 Å². The topological polar surface area (TPSA) is 95.2 Å². The Morgan fingerprint density at radius 1 is 1.13 bits per heavy atom. The first-order valence-corrected chi connectivity index (χ1v) is 9.74. The van der Waals surface area contributed by atoms with E-state index in [9.17, 15) is 18.8 Å². The summed E-state index contributed by atoms with van der Waals surface area (Å²) in [7, 11) is 1.54. The van der Waals surface area contributed by atoms with Gasteiger partial charge in [-0.2, -0.15) is 9.78 Å². The zero-order chi connectivity index (χ0) is 22.4. The molecule has 0 saturated carbocycles. The van der Waals surface area contributed by atoms with Gasteiger partial charge in [-0.25, -0.2) is 9.18 Å². The Kier molecular flexibility index (Phi) is 7.09. The fraction of sp³-hybridized carbons (Fsp3) is 0.273. The van der Waals surface area contributed by atoms with Gasteiger partial charge in [-0.3, -0.25) is 14.2 Å². The molecule has 1 aromatic heterocycles. The molecular formula is C22H23FN4O4. The number of nitrogens with zero attached hydrogens (tertiary/aromatic N) is 3. The van der Waals surface area contributed by atoms with Gasteiger partial charge in [0.25, 0.3) is 11.5 Å². The molecule has 3 rings (SSSR count). The summed E-state index contributed by atoms with van der Waals surface area (Å²) in [6, 6.07) is 12.8. The van der Waals surface area contributed by atoms with Crippen LogP contribution in [0.25, 0.3) is 5.69 Å². The SMILES string of the molecule is COCCCNC(=O)c1nn(-c2ccccc2F)c(=O)n(Cc2ccc(C)cc2)c1=O. The van der Waals surface area contributed by atoms with Gasteiger partial charge < -0.3 is 10.1 Å². The van der Waals surface area contributed by atoms with Crippen LogP contribution in [0.2, 0.25) is 0 Å². The number of ether oxygens (including phenoxy) is 1. The van der Waals surface area contributed by atoms with Crippen LogP contribution in [-0.4, -0.2) is 40.5 Å². The molecule has 0 radical (unpaired) electrons. The molecule has 31 heavy (non-hydrogen) atoms. The van der Waals surface area contributed by atoms with Crippen LogP contribution in [0, 0.1) is 12.7 Å². The van der Waals surface area contributed by atoms with Crippen LogP contribution in [0.4, 0.5) is 4.39 Å². The number of methoxy groups -OCH3 is 1. The smallest absolute Gasteiger partial charge is 0.352 e. The molecule has 8 nitrogen and oxygen atoms in total. The van der Waals surface area contributed by atoms with Gasteiger partial charge in [-0.05, 0) is 31.0 Å². The standard InChI is InChI=1S/C22H23FN4O4/c1-15-8-10-16(11-9-15)14-26-21(29)19(20(28)24-12-5-13-31-2)25-27(22(26)30)18-7-4-3-6-17(18)23/h3-4,6-11H,5,12-14H2,1-2H3,(H,24,28). The lowest BCUT2D eigenvalue weighted by molar-refractivity contribution is 0.0938. The average molecular weight is 426 g/mol. The number of aryl methyl sites for hydroxylation is 1. The van der Waals surface area contributed by atoms with E-state index < -0.39 is 28.7 Å². The predicted octanol–water partition coefficient (Wildman–Crippen LogP) is 1.66. The minimum Gasteiger partial charge on any atom is -0.385 e. The molecule has 1 heterocycles. The van der Waals surface area contributed by atoms with Crippen molar-refractivity contribution in [2.24, 2.45) is 0 Å². The highest BCUT2D eigenvalue weighted by atomic mass is 19.1. The summed E-state index contributed by atoms with van der Waals surface area (Å²) in [4.78, 5) is 38.6. The maximum Gasteiger partial charge on any atom is 0.352 e. The summed E-state index contributed by atoms with van der Waals surface area (Å²) in [6.45, 7) is 2.52. The normalized spacial score (nSPS) is 10.8. The van der Waals surface area contributed by atoms with E-state index in [2.05, 4.69) is 10.4 Å². The zero-order valence-electron chi connectivity index (χ0n) is 17.3. The molecule has 1 N–H and O–H groups in total. The van der Waals surface area contributed by atoms with Crippen molar-refractivity contribution in [1.82, 2.24) is 19.7 Å². The van der Waals surface area contributed by atoms with Gasteiger partial charge in [0.1, 0.15) is 11.5 Å². The third kappa shape index (κ3) is 5.13. The first kappa shape index (κ1) is 22.1. The second kappa shape index (κ2) is 9.94. The second-order valence-corrected chi connectivity index (χ2v) is 6.97. The van der Waals surface area contributed by atoms with Crippen LogP contribution in [0.15, 0.2) is 58.1 Å². The van der Waals surface area contributed by atoms with E-state index in [1.807, 2.05) is 19.1 Å². The predicted molar refractivity (Wildman–Crippen MR) is 113 cm³/mol. The van der Waals surface area contributed by atoms with Crippen LogP contribution >= 0.6 is 0 Å². The number of carbonyl (C=O) groups excluding carboxylic acids is 1. The number of para-hydroxylation sites is 1. The van der Waals surface area contributed by atoms with Crippen molar-refractivity contribution in [2.45, 2.75) is 19.9 Å². The Hall–Kier alpha value is -3.59. The van der Waals surface area contributed by atoms with Crippen LogP contribution in [0.5, 0.6) is 0 Å². The number of amides is 1. The van der Waals surface area contributed by atoms with Crippen molar-refractivity contribution < 1.29 is 13.9 Å². The molecule has 0 bridgehead atoms. The van der Waals surface area contributed by atoms with Gasteiger partial charge in [0, 0.05) is 20.3 Å². The average Bonchev–Trinajstić information content (AvgIpc) is 2.76. The van der Waals surface area contributed by atoms with Gasteiger partial charge in [-0.1, -0.05) is 42.0 Å². The van der Waals surface area contributed by atoms with Crippen LogP contribution in [-0.2, 0) is 11.3 Å². The maximum atomic E-state index is 14.4. The van der Waals surface area contributed by atoms with Gasteiger partial charge in [-0.15, -0.1) is 0 Å². The Morgan fingerprint density at radius 2 is 1.84 bits per heavy atom. The van der Waals surface area contributed by atoms with Gasteiger partial charge >= 0.3 is 5.69 Å². The van der Waals surface area contributed by atoms with E-state index in [4.69, 9.17) is 4.74 Å². The molecule has 0 fully saturated rings. The lowest BCUT2D eigenvalue weighted by atomic mass is 10.1. The summed E-state index contributed by atoms with van der Waals surface area (Å²) in [5.41, 5.74) is -0.631. The molecule has 0 atom stereocenters. The third-order valence-corrected chi connectivity index (χ3v) is 4.63. The van der Waals surface area contributed by atoms with E-state index in [1.165, 1.54) is 31.4 Å². The molecule has 0 aliphatic rings. The molecule has 3 aromatic rings. The van der Waals surface area contributed by atoms with Crippen LogP contribution < -0.4 is 16.6 Å². The molecule has 9 heteroatoms. The Bertz CT molecular complexity index is 1190. The first-order chi connectivity index (χ1) is 14.9. The van der Waals surface area contributed by atoms with Gasteiger partial charge in [0.15, 0.2) is 0 Å². The summed E-state index contributed by atoms with van der Waals surface area (Å²) in [6.07, 6.45) is 0.534. The molecule has 162 valence electrons. The summed E-state index contributed by atoms with van der Waals surface area (Å²) < 4.78 is 20.9. The molecule has 0 spiro atoms. The van der Waals surface area contributed by atoms with Crippen molar-refractivity contribution >= 4 is 5.91 Å². The quantitative estimate of drug-likeness (QED) is 0.553. The molecule has 0 aliphatic heterocycles. The highest BCUT2D eigenvalue weighted by Crippen LogP contribution is 2.09. The number of rotatable bonds is 8. The monoisotopic (exact) mass is 426 g/mol. The minimum absolute atomic E-state index is 0.0845. The minimum atomic E-state index is -0.845. The van der Waals surface area contributed by atoms with Crippen molar-refractivity contribution in [3.05, 3.63) is 92.0 Å². The summed E-state index contributed by atoms with van der Waals surface area (Å²) in [5, 5.41) is 6.49. The highest BCUT2D eigenvalue weighted by Gasteiger charge is 2.21. The van der Waals surface area contributed by atoms with Crippen LogP contribution in [0.3, 0.4) is 0 Å². The largest absolute Gasteiger partial charge is 0.385 e. The fourth-order valence-electron chi connectivity index (χ4n) is 2.96. The molecule has 1 amide bonds. The van der Waals surface area contributed by atoms with E-state index in [0.717, 1.165) is 14.8 Å². The molecule has 0 saturated heterocycles. The Labute approximate surface area is 177 Å².